The Bertz CT molecular complexity index is 230. The van der Waals surface area contributed by atoms with Crippen LogP contribution in [0.3, 0.4) is 0 Å². The van der Waals surface area contributed by atoms with Gasteiger partial charge in [-0.15, -0.1) is 0 Å². The van der Waals surface area contributed by atoms with Crippen molar-refractivity contribution in [2.45, 2.75) is 26.4 Å². The van der Waals surface area contributed by atoms with Crippen LogP contribution in [0.1, 0.15) is 30.6 Å². The van der Waals surface area contributed by atoms with Gasteiger partial charge in [-0.3, -0.25) is 0 Å². The van der Waals surface area contributed by atoms with Crippen LogP contribution in [-0.4, -0.2) is 5.11 Å². The van der Waals surface area contributed by atoms with Crippen LogP contribution in [0.15, 0.2) is 24.3 Å². The third kappa shape index (κ3) is 1.81. The van der Waals surface area contributed by atoms with Crippen molar-refractivity contribution in [3.8, 4) is 0 Å². The minimum Gasteiger partial charge on any atom is -0.388 e. The van der Waals surface area contributed by atoms with Gasteiger partial charge in [0.25, 0.3) is 0 Å². The zero-order valence-electron chi connectivity index (χ0n) is 7.04. The minimum absolute atomic E-state index is 0.295. The van der Waals surface area contributed by atoms with Crippen LogP contribution in [0.2, 0.25) is 0 Å². The molecule has 0 saturated carbocycles. The van der Waals surface area contributed by atoms with Crippen molar-refractivity contribution in [3.63, 3.8) is 0 Å². The molecule has 1 N–H and O–H groups in total. The van der Waals surface area contributed by atoms with Gasteiger partial charge >= 0.3 is 0 Å². The van der Waals surface area contributed by atoms with Gasteiger partial charge in [-0.05, 0) is 24.5 Å². The third-order valence-electron chi connectivity index (χ3n) is 1.93. The topological polar surface area (TPSA) is 20.2 Å². The molecule has 0 bridgehead atoms. The Morgan fingerprint density at radius 2 is 2.00 bits per heavy atom. The first-order chi connectivity index (χ1) is 5.25. The monoisotopic (exact) mass is 150 g/mol. The van der Waals surface area contributed by atoms with E-state index >= 15 is 0 Å². The van der Waals surface area contributed by atoms with Crippen molar-refractivity contribution in [1.29, 1.82) is 0 Å². The first kappa shape index (κ1) is 8.28. The average Bonchev–Trinajstić information content (AvgIpc) is 2.04. The molecular weight excluding hydrogens is 136 g/mol. The molecule has 1 heteroatoms. The van der Waals surface area contributed by atoms with Crippen molar-refractivity contribution >= 4 is 0 Å². The first-order valence-corrected chi connectivity index (χ1v) is 3.99. The Labute approximate surface area is 67.7 Å². The number of benzene rings is 1. The first-order valence-electron chi connectivity index (χ1n) is 3.99. The van der Waals surface area contributed by atoms with E-state index in [1.54, 1.807) is 0 Å². The number of rotatable bonds is 2. The normalized spacial score (nSPS) is 13.0. The van der Waals surface area contributed by atoms with Gasteiger partial charge in [0, 0.05) is 0 Å². The largest absolute Gasteiger partial charge is 0.388 e. The highest BCUT2D eigenvalue weighted by molar-refractivity contribution is 5.27. The van der Waals surface area contributed by atoms with Crippen molar-refractivity contribution in [2.24, 2.45) is 0 Å². The van der Waals surface area contributed by atoms with Crippen LogP contribution in [0.25, 0.3) is 0 Å². The van der Waals surface area contributed by atoms with Gasteiger partial charge in [-0.1, -0.05) is 31.2 Å². The molecule has 0 radical (unpaired) electrons. The summed E-state index contributed by atoms with van der Waals surface area (Å²) in [6.45, 7) is 4.01. The molecule has 11 heavy (non-hydrogen) atoms. The second kappa shape index (κ2) is 3.54. The van der Waals surface area contributed by atoms with E-state index in [-0.39, 0.29) is 6.10 Å². The van der Waals surface area contributed by atoms with Crippen LogP contribution in [0.5, 0.6) is 0 Å². The van der Waals surface area contributed by atoms with Crippen molar-refractivity contribution in [2.75, 3.05) is 0 Å². The summed E-state index contributed by atoms with van der Waals surface area (Å²) in [7, 11) is 0. The number of hydrogen-bond donors (Lipinski definition) is 1. The number of hydrogen-bond acceptors (Lipinski definition) is 1. The number of aryl methyl sites for hydroxylation is 1. The van der Waals surface area contributed by atoms with E-state index in [4.69, 9.17) is 0 Å². The van der Waals surface area contributed by atoms with Crippen LogP contribution in [0.4, 0.5) is 0 Å². The fourth-order valence-corrected chi connectivity index (χ4v) is 1.18. The number of aliphatic hydroxyl groups is 1. The summed E-state index contributed by atoms with van der Waals surface area (Å²) in [5.74, 6) is 0. The van der Waals surface area contributed by atoms with Crippen LogP contribution in [-0.2, 0) is 0 Å². The van der Waals surface area contributed by atoms with Crippen molar-refractivity contribution in [3.05, 3.63) is 35.4 Å². The van der Waals surface area contributed by atoms with E-state index in [2.05, 4.69) is 0 Å². The molecule has 0 fully saturated rings. The summed E-state index contributed by atoms with van der Waals surface area (Å²) in [5, 5.41) is 9.51. The standard InChI is InChI=1S/C10H14O/c1-3-10(11)9-7-5-4-6-8(9)2/h4-7,10-11H,3H2,1-2H3/t10-/m0/s1. The molecule has 1 rings (SSSR count). The molecule has 0 aliphatic heterocycles. The van der Waals surface area contributed by atoms with Crippen molar-refractivity contribution in [1.82, 2.24) is 0 Å². The molecule has 0 aliphatic carbocycles. The Hall–Kier alpha value is -0.820. The molecule has 0 unspecified atom stereocenters. The molecule has 0 aliphatic rings. The fourth-order valence-electron chi connectivity index (χ4n) is 1.18. The van der Waals surface area contributed by atoms with E-state index in [0.29, 0.717) is 0 Å². The second-order valence-electron chi connectivity index (χ2n) is 2.78. The molecule has 1 atom stereocenters. The zero-order chi connectivity index (χ0) is 8.27. The maximum atomic E-state index is 9.51. The van der Waals surface area contributed by atoms with E-state index < -0.39 is 0 Å². The molecule has 1 nitrogen and oxygen atoms in total. The van der Waals surface area contributed by atoms with E-state index in [1.807, 2.05) is 38.1 Å². The number of aliphatic hydroxyl groups excluding tert-OH is 1. The van der Waals surface area contributed by atoms with Crippen LogP contribution in [0, 0.1) is 6.92 Å². The van der Waals surface area contributed by atoms with Gasteiger partial charge < -0.3 is 5.11 Å². The summed E-state index contributed by atoms with van der Waals surface area (Å²) in [5.41, 5.74) is 2.22. The van der Waals surface area contributed by atoms with Crippen molar-refractivity contribution < 1.29 is 5.11 Å². The highest BCUT2D eigenvalue weighted by atomic mass is 16.3. The molecule has 0 spiro atoms. The zero-order valence-corrected chi connectivity index (χ0v) is 7.04. The lowest BCUT2D eigenvalue weighted by molar-refractivity contribution is 0.173. The molecule has 1 aromatic rings. The van der Waals surface area contributed by atoms with Gasteiger partial charge in [0.15, 0.2) is 0 Å². The predicted octanol–water partition coefficient (Wildman–Crippen LogP) is 2.44. The smallest absolute Gasteiger partial charge is 0.0790 e. The van der Waals surface area contributed by atoms with Gasteiger partial charge in [0.05, 0.1) is 6.10 Å². The molecule has 60 valence electrons. The van der Waals surface area contributed by atoms with Gasteiger partial charge in [-0.25, -0.2) is 0 Å². The van der Waals surface area contributed by atoms with E-state index in [0.717, 1.165) is 12.0 Å². The summed E-state index contributed by atoms with van der Waals surface area (Å²) in [6, 6.07) is 7.94. The molecule has 1 aromatic carbocycles. The van der Waals surface area contributed by atoms with E-state index in [9.17, 15) is 5.11 Å². The SMILES string of the molecule is CC[C@H](O)c1ccccc1C. The lowest BCUT2D eigenvalue weighted by Crippen LogP contribution is -1.97. The van der Waals surface area contributed by atoms with Gasteiger partial charge in [0.1, 0.15) is 0 Å². The lowest BCUT2D eigenvalue weighted by Gasteiger charge is -2.10. The van der Waals surface area contributed by atoms with Gasteiger partial charge in [-0.2, -0.15) is 0 Å². The maximum absolute atomic E-state index is 9.51. The Morgan fingerprint density at radius 1 is 1.36 bits per heavy atom. The van der Waals surface area contributed by atoms with Crippen LogP contribution < -0.4 is 0 Å². The Morgan fingerprint density at radius 3 is 2.55 bits per heavy atom. The highest BCUT2D eigenvalue weighted by Gasteiger charge is 2.05. The second-order valence-corrected chi connectivity index (χ2v) is 2.78. The maximum Gasteiger partial charge on any atom is 0.0790 e. The lowest BCUT2D eigenvalue weighted by atomic mass is 10.0. The predicted molar refractivity (Wildman–Crippen MR) is 46.4 cm³/mol. The molecule has 0 heterocycles. The molecular formula is C10H14O. The summed E-state index contributed by atoms with van der Waals surface area (Å²) in [4.78, 5) is 0. The fraction of sp³-hybridized carbons (Fsp3) is 0.400. The summed E-state index contributed by atoms with van der Waals surface area (Å²) >= 11 is 0. The molecule has 0 amide bonds. The minimum atomic E-state index is -0.295. The van der Waals surface area contributed by atoms with Gasteiger partial charge in [0.2, 0.25) is 0 Å². The quantitative estimate of drug-likeness (QED) is 0.686. The van der Waals surface area contributed by atoms with E-state index in [1.165, 1.54) is 5.56 Å². The Balaban J connectivity index is 2.93. The third-order valence-corrected chi connectivity index (χ3v) is 1.93. The Kier molecular flexibility index (Phi) is 2.66. The molecule has 0 saturated heterocycles. The van der Waals surface area contributed by atoms with Crippen LogP contribution >= 0.6 is 0 Å². The summed E-state index contributed by atoms with van der Waals surface area (Å²) in [6.07, 6.45) is 0.487. The summed E-state index contributed by atoms with van der Waals surface area (Å²) < 4.78 is 0. The highest BCUT2D eigenvalue weighted by Crippen LogP contribution is 2.19. The average molecular weight is 150 g/mol. The molecule has 0 aromatic heterocycles.